The lowest BCUT2D eigenvalue weighted by Crippen LogP contribution is -2.25. The minimum Gasteiger partial charge on any atom is -0.330 e. The van der Waals surface area contributed by atoms with Gasteiger partial charge in [0.15, 0.2) is 0 Å². The lowest BCUT2D eigenvalue weighted by molar-refractivity contribution is -0.116. The fourth-order valence-electron chi connectivity index (χ4n) is 2.17. The van der Waals surface area contributed by atoms with Gasteiger partial charge in [0.25, 0.3) is 0 Å². The topological polar surface area (TPSA) is 92.5 Å². The van der Waals surface area contributed by atoms with Crippen molar-refractivity contribution in [3.8, 4) is 0 Å². The molecular formula is C13H18ClN3O3S. The molecular weight excluding hydrogens is 314 g/mol. The second-order valence-electron chi connectivity index (χ2n) is 4.85. The number of rotatable bonds is 5. The van der Waals surface area contributed by atoms with Crippen LogP contribution in [-0.2, 0) is 14.8 Å². The van der Waals surface area contributed by atoms with Gasteiger partial charge in [-0.25, -0.2) is 8.42 Å². The zero-order chi connectivity index (χ0) is 15.5. The molecule has 1 amide bonds. The molecule has 2 rings (SSSR count). The van der Waals surface area contributed by atoms with Gasteiger partial charge in [0.05, 0.1) is 22.2 Å². The normalized spacial score (nSPS) is 17.0. The number of hydrogen-bond acceptors (Lipinski definition) is 4. The van der Waals surface area contributed by atoms with E-state index in [4.69, 9.17) is 17.3 Å². The molecule has 0 radical (unpaired) electrons. The van der Waals surface area contributed by atoms with Crippen LogP contribution in [-0.4, -0.2) is 33.2 Å². The average molecular weight is 332 g/mol. The van der Waals surface area contributed by atoms with Gasteiger partial charge >= 0.3 is 0 Å². The van der Waals surface area contributed by atoms with Gasteiger partial charge in [-0.15, -0.1) is 0 Å². The summed E-state index contributed by atoms with van der Waals surface area (Å²) in [5.74, 6) is -0.0443. The van der Waals surface area contributed by atoms with E-state index < -0.39 is 10.0 Å². The summed E-state index contributed by atoms with van der Waals surface area (Å²) >= 11 is 6.04. The number of nitrogens with two attached hydrogens (primary N) is 1. The Balaban J connectivity index is 2.19. The molecule has 116 valence electrons. The molecule has 8 heteroatoms. The molecule has 1 fully saturated rings. The van der Waals surface area contributed by atoms with E-state index >= 15 is 0 Å². The number of carbonyl (C=O) groups is 1. The van der Waals surface area contributed by atoms with Crippen molar-refractivity contribution in [3.63, 3.8) is 0 Å². The van der Waals surface area contributed by atoms with Crippen molar-refractivity contribution >= 4 is 38.9 Å². The van der Waals surface area contributed by atoms with Crippen LogP contribution in [0.3, 0.4) is 0 Å². The molecule has 1 aromatic rings. The highest BCUT2D eigenvalue weighted by atomic mass is 35.5. The number of sulfonamides is 1. The van der Waals surface area contributed by atoms with Gasteiger partial charge in [0.2, 0.25) is 15.9 Å². The summed E-state index contributed by atoms with van der Waals surface area (Å²) in [7, 11) is -3.25. The highest BCUT2D eigenvalue weighted by molar-refractivity contribution is 7.93. The quantitative estimate of drug-likeness (QED) is 0.856. The third-order valence-electron chi connectivity index (χ3n) is 3.22. The van der Waals surface area contributed by atoms with Crippen LogP contribution in [0.1, 0.15) is 19.3 Å². The van der Waals surface area contributed by atoms with Crippen molar-refractivity contribution in [2.24, 2.45) is 5.73 Å². The van der Waals surface area contributed by atoms with Crippen LogP contribution in [0.25, 0.3) is 0 Å². The van der Waals surface area contributed by atoms with Gasteiger partial charge in [-0.05, 0) is 37.6 Å². The maximum atomic E-state index is 11.9. The Morgan fingerprint density at radius 1 is 1.43 bits per heavy atom. The van der Waals surface area contributed by atoms with Crippen molar-refractivity contribution < 1.29 is 13.2 Å². The second-order valence-corrected chi connectivity index (χ2v) is 7.27. The average Bonchev–Trinajstić information content (AvgIpc) is 2.78. The van der Waals surface area contributed by atoms with E-state index in [2.05, 4.69) is 5.32 Å². The highest BCUT2D eigenvalue weighted by Crippen LogP contribution is 2.31. The highest BCUT2D eigenvalue weighted by Gasteiger charge is 2.28. The van der Waals surface area contributed by atoms with Gasteiger partial charge < -0.3 is 11.1 Å². The van der Waals surface area contributed by atoms with Crippen LogP contribution in [0.5, 0.6) is 0 Å². The van der Waals surface area contributed by atoms with Crippen LogP contribution in [0.15, 0.2) is 18.2 Å². The third-order valence-corrected chi connectivity index (χ3v) is 5.42. The van der Waals surface area contributed by atoms with Crippen molar-refractivity contribution in [1.82, 2.24) is 0 Å². The van der Waals surface area contributed by atoms with Crippen molar-refractivity contribution in [2.75, 3.05) is 28.5 Å². The SMILES string of the molecule is NCCCC(=O)Nc1cc(N2CCCS2(=O)=O)ccc1Cl. The first-order chi connectivity index (χ1) is 9.94. The molecule has 0 aromatic heterocycles. The smallest absolute Gasteiger partial charge is 0.235 e. The van der Waals surface area contributed by atoms with E-state index in [1.807, 2.05) is 0 Å². The first-order valence-electron chi connectivity index (χ1n) is 6.74. The predicted molar refractivity (Wildman–Crippen MR) is 84.1 cm³/mol. The maximum Gasteiger partial charge on any atom is 0.235 e. The maximum absolute atomic E-state index is 11.9. The molecule has 21 heavy (non-hydrogen) atoms. The third kappa shape index (κ3) is 3.87. The first kappa shape index (κ1) is 16.1. The van der Waals surface area contributed by atoms with Crippen LogP contribution < -0.4 is 15.4 Å². The Morgan fingerprint density at radius 3 is 2.81 bits per heavy atom. The molecule has 1 aliphatic heterocycles. The summed E-state index contributed by atoms with van der Waals surface area (Å²) in [5, 5.41) is 3.06. The number of anilines is 2. The Hall–Kier alpha value is -1.31. The predicted octanol–water partition coefficient (Wildman–Crippen LogP) is 1.56. The van der Waals surface area contributed by atoms with Gasteiger partial charge in [0.1, 0.15) is 0 Å². The number of hydrogen-bond donors (Lipinski definition) is 2. The van der Waals surface area contributed by atoms with Gasteiger partial charge in [0, 0.05) is 13.0 Å². The molecule has 3 N–H and O–H groups in total. The molecule has 0 unspecified atom stereocenters. The van der Waals surface area contributed by atoms with Crippen molar-refractivity contribution in [1.29, 1.82) is 0 Å². The number of benzene rings is 1. The number of carbonyl (C=O) groups excluding carboxylic acids is 1. The van der Waals surface area contributed by atoms with E-state index in [-0.39, 0.29) is 11.7 Å². The molecule has 0 spiro atoms. The molecule has 1 aliphatic rings. The largest absolute Gasteiger partial charge is 0.330 e. The van der Waals surface area contributed by atoms with Crippen molar-refractivity contribution in [2.45, 2.75) is 19.3 Å². The number of amides is 1. The first-order valence-corrected chi connectivity index (χ1v) is 8.72. The number of nitrogens with zero attached hydrogens (tertiary/aromatic N) is 1. The standard InChI is InChI=1S/C13H18ClN3O3S/c14-11-5-4-10(17-7-2-8-21(17,19)20)9-12(11)16-13(18)3-1-6-15/h4-5,9H,1-3,6-8,15H2,(H,16,18). The molecule has 1 saturated heterocycles. The van der Waals surface area contributed by atoms with E-state index in [1.54, 1.807) is 18.2 Å². The number of halogens is 1. The zero-order valence-corrected chi connectivity index (χ0v) is 13.1. The Bertz CT molecular complexity index is 634. The minimum absolute atomic E-state index is 0.147. The van der Waals surface area contributed by atoms with Crippen LogP contribution in [0, 0.1) is 0 Å². The minimum atomic E-state index is -3.25. The van der Waals surface area contributed by atoms with Gasteiger partial charge in [-0.2, -0.15) is 0 Å². The van der Waals surface area contributed by atoms with E-state index in [1.165, 1.54) is 4.31 Å². The summed E-state index contributed by atoms with van der Waals surface area (Å²) in [5.41, 5.74) is 6.29. The fraction of sp³-hybridized carbons (Fsp3) is 0.462. The summed E-state index contributed by atoms with van der Waals surface area (Å²) in [4.78, 5) is 11.7. The molecule has 1 heterocycles. The van der Waals surface area contributed by atoms with Crippen molar-refractivity contribution in [3.05, 3.63) is 23.2 Å². The summed E-state index contributed by atoms with van der Waals surface area (Å²) in [6.07, 6.45) is 1.49. The fourth-order valence-corrected chi connectivity index (χ4v) is 3.89. The Labute approximate surface area is 129 Å². The monoisotopic (exact) mass is 331 g/mol. The van der Waals surface area contributed by atoms with Gasteiger partial charge in [-0.3, -0.25) is 9.10 Å². The molecule has 1 aromatic carbocycles. The van der Waals surface area contributed by atoms with E-state index in [9.17, 15) is 13.2 Å². The molecule has 0 atom stereocenters. The lowest BCUT2D eigenvalue weighted by Gasteiger charge is -2.18. The van der Waals surface area contributed by atoms with Crippen LogP contribution >= 0.6 is 11.6 Å². The summed E-state index contributed by atoms with van der Waals surface area (Å²) in [6, 6.07) is 4.82. The van der Waals surface area contributed by atoms with Crippen LogP contribution in [0.2, 0.25) is 5.02 Å². The second kappa shape index (κ2) is 6.64. The van der Waals surface area contributed by atoms with E-state index in [0.29, 0.717) is 48.7 Å². The zero-order valence-electron chi connectivity index (χ0n) is 11.5. The number of nitrogens with one attached hydrogen (secondary N) is 1. The summed E-state index contributed by atoms with van der Waals surface area (Å²) < 4.78 is 25.2. The Kier molecular flexibility index (Phi) is 5.08. The van der Waals surface area contributed by atoms with Gasteiger partial charge in [-0.1, -0.05) is 11.6 Å². The Morgan fingerprint density at radius 2 is 2.19 bits per heavy atom. The van der Waals surface area contributed by atoms with Crippen LogP contribution in [0.4, 0.5) is 11.4 Å². The summed E-state index contributed by atoms with van der Waals surface area (Å²) in [6.45, 7) is 0.887. The lowest BCUT2D eigenvalue weighted by atomic mass is 10.2. The molecule has 0 saturated carbocycles. The molecule has 0 bridgehead atoms. The molecule has 0 aliphatic carbocycles. The molecule has 6 nitrogen and oxygen atoms in total. The van der Waals surface area contributed by atoms with E-state index in [0.717, 1.165) is 0 Å².